The Kier molecular flexibility index (Phi) is 11.0. The summed E-state index contributed by atoms with van der Waals surface area (Å²) in [5, 5.41) is 6.23. The Morgan fingerprint density at radius 1 is 1.07 bits per heavy atom. The highest BCUT2D eigenvalue weighted by atomic mass is 127. The lowest BCUT2D eigenvalue weighted by Gasteiger charge is -2.16. The van der Waals surface area contributed by atoms with E-state index in [0.717, 1.165) is 11.1 Å². The number of nitrogens with zero attached hydrogens (tertiary/aromatic N) is 2. The Morgan fingerprint density at radius 3 is 2.40 bits per heavy atom. The number of ether oxygens (including phenoxy) is 1. The van der Waals surface area contributed by atoms with Crippen molar-refractivity contribution in [3.63, 3.8) is 0 Å². The Hall–Kier alpha value is -2.01. The van der Waals surface area contributed by atoms with E-state index in [-0.39, 0.29) is 42.1 Å². The number of aliphatic imine (C=N–C) groups is 1. The van der Waals surface area contributed by atoms with Gasteiger partial charge >= 0.3 is 6.61 Å². The molecule has 0 aliphatic heterocycles. The van der Waals surface area contributed by atoms with Gasteiger partial charge in [-0.2, -0.15) is 8.78 Å². The molecule has 0 aliphatic carbocycles. The molecule has 0 bridgehead atoms. The van der Waals surface area contributed by atoms with Crippen molar-refractivity contribution in [3.05, 3.63) is 64.5 Å². The summed E-state index contributed by atoms with van der Waals surface area (Å²) in [5.41, 5.74) is 3.06. The van der Waals surface area contributed by atoms with E-state index in [0.29, 0.717) is 30.2 Å². The van der Waals surface area contributed by atoms with Gasteiger partial charge in [-0.1, -0.05) is 23.8 Å². The zero-order valence-corrected chi connectivity index (χ0v) is 19.8. The van der Waals surface area contributed by atoms with Crippen LogP contribution in [0.2, 0.25) is 0 Å². The van der Waals surface area contributed by atoms with Gasteiger partial charge in [-0.15, -0.1) is 24.0 Å². The van der Waals surface area contributed by atoms with Crippen molar-refractivity contribution in [3.8, 4) is 5.75 Å². The van der Waals surface area contributed by atoms with E-state index in [1.165, 1.54) is 12.1 Å². The summed E-state index contributed by atoms with van der Waals surface area (Å²) in [4.78, 5) is 6.04. The summed E-state index contributed by atoms with van der Waals surface area (Å²) in [6.07, 6.45) is 0. The molecule has 0 atom stereocenters. The third-order valence-corrected chi connectivity index (χ3v) is 4.16. The van der Waals surface area contributed by atoms with E-state index in [9.17, 15) is 13.2 Å². The highest BCUT2D eigenvalue weighted by Gasteiger charge is 2.11. The Balaban J connectivity index is 0.00000450. The first-order chi connectivity index (χ1) is 13.8. The van der Waals surface area contributed by atoms with Gasteiger partial charge in [0.25, 0.3) is 0 Å². The molecule has 30 heavy (non-hydrogen) atoms. The molecular formula is C21H28F3IN4O. The number of hydrogen-bond donors (Lipinski definition) is 2. The van der Waals surface area contributed by atoms with Gasteiger partial charge in [-0.25, -0.2) is 4.39 Å². The molecule has 0 aromatic heterocycles. The normalized spacial score (nSPS) is 11.4. The van der Waals surface area contributed by atoms with Crippen LogP contribution < -0.4 is 15.4 Å². The average molecular weight is 536 g/mol. The summed E-state index contributed by atoms with van der Waals surface area (Å²) in [7, 11) is 5.38. The van der Waals surface area contributed by atoms with Crippen LogP contribution in [0.1, 0.15) is 22.3 Å². The van der Waals surface area contributed by atoms with Crippen LogP contribution >= 0.6 is 24.0 Å². The third-order valence-electron chi connectivity index (χ3n) is 4.16. The molecule has 0 saturated heterocycles. The highest BCUT2D eigenvalue weighted by Crippen LogP contribution is 2.22. The van der Waals surface area contributed by atoms with Crippen molar-refractivity contribution >= 4 is 29.9 Å². The highest BCUT2D eigenvalue weighted by molar-refractivity contribution is 14.0. The van der Waals surface area contributed by atoms with Gasteiger partial charge in [-0.3, -0.25) is 4.99 Å². The molecule has 2 aromatic carbocycles. The lowest BCUT2D eigenvalue weighted by molar-refractivity contribution is -0.0504. The molecule has 0 amide bonds. The second-order valence-corrected chi connectivity index (χ2v) is 6.93. The number of hydrogen-bond acceptors (Lipinski definition) is 3. The van der Waals surface area contributed by atoms with E-state index >= 15 is 0 Å². The maximum absolute atomic E-state index is 13.9. The maximum atomic E-state index is 13.9. The van der Waals surface area contributed by atoms with E-state index < -0.39 is 6.61 Å². The molecular weight excluding hydrogens is 508 g/mol. The van der Waals surface area contributed by atoms with Gasteiger partial charge in [0, 0.05) is 37.8 Å². The Bertz CT molecular complexity index is 847. The minimum absolute atomic E-state index is 0. The van der Waals surface area contributed by atoms with Crippen LogP contribution in [0.3, 0.4) is 0 Å². The van der Waals surface area contributed by atoms with E-state index in [4.69, 9.17) is 0 Å². The topological polar surface area (TPSA) is 48.9 Å². The molecule has 0 heterocycles. The van der Waals surface area contributed by atoms with Crippen molar-refractivity contribution < 1.29 is 17.9 Å². The molecule has 2 N–H and O–H groups in total. The molecule has 0 spiro atoms. The fourth-order valence-corrected chi connectivity index (χ4v) is 2.84. The first-order valence-corrected chi connectivity index (χ1v) is 9.19. The number of rotatable bonds is 8. The van der Waals surface area contributed by atoms with E-state index in [1.807, 2.05) is 32.0 Å². The second kappa shape index (κ2) is 12.6. The summed E-state index contributed by atoms with van der Waals surface area (Å²) >= 11 is 0. The number of alkyl halides is 2. The molecule has 2 aromatic rings. The molecule has 0 saturated carbocycles. The van der Waals surface area contributed by atoms with Gasteiger partial charge in [0.2, 0.25) is 0 Å². The molecule has 2 rings (SSSR count). The smallest absolute Gasteiger partial charge is 0.387 e. The predicted molar refractivity (Wildman–Crippen MR) is 124 cm³/mol. The molecule has 5 nitrogen and oxygen atoms in total. The zero-order valence-electron chi connectivity index (χ0n) is 17.5. The minimum atomic E-state index is -2.89. The van der Waals surface area contributed by atoms with Crippen molar-refractivity contribution in [2.75, 3.05) is 21.1 Å². The summed E-state index contributed by atoms with van der Waals surface area (Å²) in [6, 6.07) is 10.0. The SMILES string of the molecule is CN=C(NCc1ccc(F)c(CN(C)C)c1)NCc1cc(C)ccc1OC(F)F.I. The number of halogens is 4. The fraction of sp³-hybridized carbons (Fsp3) is 0.381. The van der Waals surface area contributed by atoms with Crippen LogP contribution in [0.25, 0.3) is 0 Å². The minimum Gasteiger partial charge on any atom is -0.434 e. The summed E-state index contributed by atoms with van der Waals surface area (Å²) < 4.78 is 43.7. The van der Waals surface area contributed by atoms with Crippen molar-refractivity contribution in [1.82, 2.24) is 15.5 Å². The van der Waals surface area contributed by atoms with Crippen LogP contribution in [0.4, 0.5) is 13.2 Å². The molecule has 0 radical (unpaired) electrons. The maximum Gasteiger partial charge on any atom is 0.387 e. The molecule has 166 valence electrons. The third kappa shape index (κ3) is 8.39. The van der Waals surface area contributed by atoms with Gasteiger partial charge in [0.1, 0.15) is 11.6 Å². The number of aryl methyl sites for hydroxylation is 1. The van der Waals surface area contributed by atoms with Crippen molar-refractivity contribution in [2.24, 2.45) is 4.99 Å². The summed E-state index contributed by atoms with van der Waals surface area (Å²) in [5.74, 6) is 0.379. The van der Waals surface area contributed by atoms with E-state index in [1.54, 1.807) is 25.2 Å². The van der Waals surface area contributed by atoms with Crippen LogP contribution in [0.5, 0.6) is 5.75 Å². The Morgan fingerprint density at radius 2 is 1.77 bits per heavy atom. The van der Waals surface area contributed by atoms with Gasteiger partial charge < -0.3 is 20.3 Å². The molecule has 0 unspecified atom stereocenters. The zero-order chi connectivity index (χ0) is 21.4. The monoisotopic (exact) mass is 536 g/mol. The first-order valence-electron chi connectivity index (χ1n) is 9.19. The van der Waals surface area contributed by atoms with Gasteiger partial charge in [0.15, 0.2) is 5.96 Å². The number of guanidine groups is 1. The quantitative estimate of drug-likeness (QED) is 0.301. The number of nitrogens with one attached hydrogen (secondary N) is 2. The van der Waals surface area contributed by atoms with Crippen molar-refractivity contribution in [2.45, 2.75) is 33.2 Å². The lowest BCUT2D eigenvalue weighted by atomic mass is 10.1. The standard InChI is InChI=1S/C21H27F3N4O.HI/c1-14-5-8-19(29-20(23)24)16(9-14)12-27-21(25-2)26-11-15-6-7-18(22)17(10-15)13-28(3)4;/h5-10,20H,11-13H2,1-4H3,(H2,25,26,27);1H. The summed E-state index contributed by atoms with van der Waals surface area (Å²) in [6.45, 7) is 0.201. The second-order valence-electron chi connectivity index (χ2n) is 6.93. The molecule has 0 fully saturated rings. The molecule has 9 heteroatoms. The first kappa shape index (κ1) is 26.0. The van der Waals surface area contributed by atoms with Crippen molar-refractivity contribution in [1.29, 1.82) is 0 Å². The lowest BCUT2D eigenvalue weighted by Crippen LogP contribution is -2.36. The molecule has 0 aliphatic rings. The van der Waals surface area contributed by atoms with Crippen LogP contribution in [0, 0.1) is 12.7 Å². The average Bonchev–Trinajstić information content (AvgIpc) is 2.65. The van der Waals surface area contributed by atoms with Crippen LogP contribution in [-0.4, -0.2) is 38.6 Å². The van der Waals surface area contributed by atoms with Gasteiger partial charge in [0.05, 0.1) is 0 Å². The Labute approximate surface area is 192 Å². The largest absolute Gasteiger partial charge is 0.434 e. The van der Waals surface area contributed by atoms with Crippen LogP contribution in [0.15, 0.2) is 41.4 Å². The number of benzene rings is 2. The fourth-order valence-electron chi connectivity index (χ4n) is 2.84. The van der Waals surface area contributed by atoms with E-state index in [2.05, 4.69) is 20.4 Å². The predicted octanol–water partition coefficient (Wildman–Crippen LogP) is 4.28. The van der Waals surface area contributed by atoms with Crippen LogP contribution in [-0.2, 0) is 19.6 Å². The van der Waals surface area contributed by atoms with Gasteiger partial charge in [-0.05, 0) is 44.8 Å².